The molecule has 1 spiro atoms. The summed E-state index contributed by atoms with van der Waals surface area (Å²) in [7, 11) is 11.5. The van der Waals surface area contributed by atoms with E-state index in [2.05, 4.69) is 16.0 Å². The molecule has 3 saturated carbocycles. The molecule has 27 nitrogen and oxygen atoms in total. The lowest BCUT2D eigenvalue weighted by atomic mass is 9.74. The Kier molecular flexibility index (Phi) is 26.8. The number of aryl methyl sites for hydroxylation is 1. The molecule has 5 fully saturated rings. The Morgan fingerprint density at radius 1 is 0.711 bits per heavy atom. The lowest BCUT2D eigenvalue weighted by Crippen LogP contribution is -2.68. The normalized spacial score (nSPS) is 27.8. The minimum absolute atomic E-state index is 0.0188. The minimum atomic E-state index is -1.56. The van der Waals surface area contributed by atoms with Gasteiger partial charge in [0.05, 0.1) is 25.6 Å². The van der Waals surface area contributed by atoms with Crippen molar-refractivity contribution in [3.05, 3.63) is 47.5 Å². The summed E-state index contributed by atoms with van der Waals surface area (Å²) in [6.07, 6.45) is 8.64. The van der Waals surface area contributed by atoms with Gasteiger partial charge in [-0.15, -0.1) is 0 Å². The number of carbonyl (C=O) groups excluding carboxylic acids is 12. The number of carbonyl (C=O) groups is 13. The first-order valence-electron chi connectivity index (χ1n) is 34.8. The van der Waals surface area contributed by atoms with Gasteiger partial charge in [-0.3, -0.25) is 62.3 Å². The number of likely N-dealkylation sites (N-methyl/N-ethyl adjacent to an activating group) is 7. The van der Waals surface area contributed by atoms with Gasteiger partial charge in [0.15, 0.2) is 0 Å². The molecule has 3 aliphatic carbocycles. The van der Waals surface area contributed by atoms with E-state index in [0.29, 0.717) is 31.2 Å². The van der Waals surface area contributed by atoms with Crippen LogP contribution in [-0.2, 0) is 73.5 Å². The van der Waals surface area contributed by atoms with Crippen LogP contribution >= 0.6 is 0 Å². The molecular weight excluding hydrogens is 1250 g/mol. The molecule has 3 aliphatic heterocycles. The van der Waals surface area contributed by atoms with Crippen molar-refractivity contribution in [1.82, 2.24) is 60.0 Å². The number of hydrogen-bond acceptors (Lipinski definition) is 14. The Morgan fingerprint density at radius 3 is 1.95 bits per heavy atom. The predicted octanol–water partition coefficient (Wildman–Crippen LogP) is 2.11. The van der Waals surface area contributed by atoms with Crippen LogP contribution in [0.2, 0.25) is 0 Å². The van der Waals surface area contributed by atoms with Gasteiger partial charge in [-0.05, 0) is 88.5 Å². The number of carboxylic acid groups (broad SMARTS) is 1. The number of benzene rings is 1. The standard InChI is InChI=1S/C70H106N12O15/c1-13-44(4)59-67(94)76(8)42-57(85)77(9)50-26-19-20-35-81(66(50)93)54(37-46-29-27-43(3)28-30-46)65(92)75(7)41-55(83)71-49(31-32-58(86)87)63(90)82-40-48(97-14-2)38-52(82)62(89)73-70(33-21-34-70)69(96)80(12)60(47-24-17-18-25-47)68(95)79(11)53(64(91)74(5)6)39-56(84)78(10)51(61(88)72-59)36-45-22-15-16-23-45/h19,26-30,44-45,47-54,59-60H,13-18,20-25,31-42H2,1-12H3,(H,71,83)(H,72,88)(H,73,89)(H,86,87)/t44-,48+,49-,50?,51?,52-,53-,54-,59?,60-/m0/s1. The van der Waals surface area contributed by atoms with Crippen molar-refractivity contribution in [3.8, 4) is 0 Å². The van der Waals surface area contributed by atoms with Crippen molar-refractivity contribution in [2.24, 2.45) is 17.8 Å². The van der Waals surface area contributed by atoms with Crippen molar-refractivity contribution in [2.75, 3.05) is 89.2 Å². The lowest BCUT2D eigenvalue weighted by molar-refractivity contribution is -0.158. The van der Waals surface area contributed by atoms with Crippen LogP contribution < -0.4 is 16.0 Å². The molecular formula is C70H106N12O15. The van der Waals surface area contributed by atoms with Crippen LogP contribution in [0.3, 0.4) is 0 Å². The van der Waals surface area contributed by atoms with Gasteiger partial charge >= 0.3 is 5.97 Å². The molecule has 4 N–H and O–H groups in total. The highest BCUT2D eigenvalue weighted by Crippen LogP contribution is 2.39. The second-order valence-electron chi connectivity index (χ2n) is 28.2. The predicted molar refractivity (Wildman–Crippen MR) is 358 cm³/mol. The molecule has 2 saturated heterocycles. The molecule has 6 aliphatic rings. The summed E-state index contributed by atoms with van der Waals surface area (Å²) in [5.74, 6) is -10.2. The number of amides is 12. The summed E-state index contributed by atoms with van der Waals surface area (Å²) in [6.45, 7) is 6.11. The number of hydrogen-bond donors (Lipinski definition) is 4. The fourth-order valence-corrected chi connectivity index (χ4v) is 14.8. The lowest BCUT2D eigenvalue weighted by Gasteiger charge is -2.46. The SMILES string of the molecule is CCO[C@@H]1C[C@H]2C(=O)NC3(CCC3)C(=O)N(C)[C@@H](C3CCCC3)C(=O)N(C)[C@H](C(=O)N(C)C)CC(=O)N(C)C(CC3CCCC3)C(=O)NC([C@@H](C)CC)C(=O)N(C)CC(=O)N(C)C3C=CCCN(C3=O)[C@@H](Cc3ccc(C)cc3)C(=O)N(C)CC(=O)N[C@@H](CCC(=O)O)C(=O)N2C1. The number of nitrogens with zero attached hydrogens (tertiary/aromatic N) is 9. The van der Waals surface area contributed by atoms with Gasteiger partial charge in [-0.1, -0.05) is 101 Å². The molecule has 1 aromatic rings. The maximum absolute atomic E-state index is 15.5. The van der Waals surface area contributed by atoms with Crippen LogP contribution in [0.15, 0.2) is 36.4 Å². The van der Waals surface area contributed by atoms with E-state index in [4.69, 9.17) is 4.74 Å². The molecule has 10 atom stereocenters. The molecule has 0 radical (unpaired) electrons. The van der Waals surface area contributed by atoms with Crippen LogP contribution in [0.1, 0.15) is 147 Å². The Labute approximate surface area is 571 Å². The number of carboxylic acids is 1. The second kappa shape index (κ2) is 34.0. The zero-order valence-corrected chi connectivity index (χ0v) is 59.1. The van der Waals surface area contributed by atoms with Gasteiger partial charge in [0.2, 0.25) is 70.9 Å². The number of fused-ring (bicyclic) bond motifs is 3. The van der Waals surface area contributed by atoms with Gasteiger partial charge < -0.3 is 69.9 Å². The molecule has 3 heterocycles. The average molecular weight is 1360 g/mol. The summed E-state index contributed by atoms with van der Waals surface area (Å²) in [6, 6.07) is -3.01. The molecule has 97 heavy (non-hydrogen) atoms. The molecule has 12 amide bonds. The van der Waals surface area contributed by atoms with Crippen LogP contribution in [0.25, 0.3) is 0 Å². The van der Waals surface area contributed by atoms with E-state index in [-0.39, 0.29) is 64.1 Å². The van der Waals surface area contributed by atoms with Gasteiger partial charge in [0.25, 0.3) is 0 Å². The topological polar surface area (TPSA) is 317 Å². The van der Waals surface area contributed by atoms with Gasteiger partial charge in [0, 0.05) is 95.3 Å². The van der Waals surface area contributed by atoms with E-state index < -0.39 is 181 Å². The first-order chi connectivity index (χ1) is 45.9. The summed E-state index contributed by atoms with van der Waals surface area (Å²) in [5, 5.41) is 18.5. The number of aliphatic carboxylic acids is 1. The quantitative estimate of drug-likeness (QED) is 0.206. The van der Waals surface area contributed by atoms with E-state index in [1.807, 2.05) is 38.1 Å². The van der Waals surface area contributed by atoms with Crippen molar-refractivity contribution in [2.45, 2.75) is 210 Å². The molecule has 536 valence electrons. The maximum atomic E-state index is 15.5. The van der Waals surface area contributed by atoms with E-state index in [1.165, 1.54) is 95.6 Å². The number of ether oxygens (including phenoxy) is 1. The Morgan fingerprint density at radius 2 is 1.35 bits per heavy atom. The minimum Gasteiger partial charge on any atom is -0.481 e. The van der Waals surface area contributed by atoms with Gasteiger partial charge in [0.1, 0.15) is 53.9 Å². The fourth-order valence-electron chi connectivity index (χ4n) is 14.8. The highest BCUT2D eigenvalue weighted by Gasteiger charge is 2.54. The van der Waals surface area contributed by atoms with E-state index >= 15 is 38.4 Å². The molecule has 0 aromatic heterocycles. The van der Waals surface area contributed by atoms with Crippen LogP contribution in [-0.4, -0.2) is 275 Å². The smallest absolute Gasteiger partial charge is 0.303 e. The zero-order chi connectivity index (χ0) is 71.3. The first kappa shape index (κ1) is 76.4. The van der Waals surface area contributed by atoms with Crippen molar-refractivity contribution >= 4 is 76.9 Å². The molecule has 27 heteroatoms. The van der Waals surface area contributed by atoms with E-state index in [0.717, 1.165) is 49.0 Å². The Hall–Kier alpha value is -7.97. The summed E-state index contributed by atoms with van der Waals surface area (Å²) in [5.41, 5.74) is 0.0366. The molecule has 1 aromatic carbocycles. The third-order valence-corrected chi connectivity index (χ3v) is 21.1. The number of rotatable bonds is 13. The van der Waals surface area contributed by atoms with Crippen molar-refractivity contribution in [1.29, 1.82) is 0 Å². The Balaban J connectivity index is 1.30. The molecule has 3 unspecified atom stereocenters. The largest absolute Gasteiger partial charge is 0.481 e. The summed E-state index contributed by atoms with van der Waals surface area (Å²) < 4.78 is 5.99. The van der Waals surface area contributed by atoms with Gasteiger partial charge in [-0.25, -0.2) is 0 Å². The number of nitrogens with one attached hydrogen (secondary N) is 3. The summed E-state index contributed by atoms with van der Waals surface area (Å²) in [4.78, 5) is 203. The van der Waals surface area contributed by atoms with Crippen LogP contribution in [0.5, 0.6) is 0 Å². The Bertz CT molecular complexity index is 3090. The fraction of sp³-hybridized carbons (Fsp3) is 0.700. The van der Waals surface area contributed by atoms with Crippen LogP contribution in [0, 0.1) is 24.7 Å². The molecule has 7 rings (SSSR count). The first-order valence-corrected chi connectivity index (χ1v) is 34.8. The second-order valence-corrected chi connectivity index (χ2v) is 28.2. The monoisotopic (exact) mass is 1350 g/mol. The maximum Gasteiger partial charge on any atom is 0.303 e. The summed E-state index contributed by atoms with van der Waals surface area (Å²) >= 11 is 0. The van der Waals surface area contributed by atoms with Gasteiger partial charge in [-0.2, -0.15) is 0 Å². The molecule has 2 bridgehead atoms. The van der Waals surface area contributed by atoms with Crippen molar-refractivity contribution < 1.29 is 72.2 Å². The average Bonchev–Trinajstić information content (AvgIpc) is 1.37. The third kappa shape index (κ3) is 18.4. The van der Waals surface area contributed by atoms with E-state index in [1.54, 1.807) is 26.0 Å². The third-order valence-electron chi connectivity index (χ3n) is 21.1. The highest BCUT2D eigenvalue weighted by molar-refractivity contribution is 6.01. The highest BCUT2D eigenvalue weighted by atomic mass is 16.5. The van der Waals surface area contributed by atoms with Crippen molar-refractivity contribution in [3.63, 3.8) is 0 Å². The van der Waals surface area contributed by atoms with Crippen LogP contribution in [0.4, 0.5) is 0 Å². The zero-order valence-electron chi connectivity index (χ0n) is 59.1. The van der Waals surface area contributed by atoms with E-state index in [9.17, 15) is 29.1 Å².